The second-order valence-corrected chi connectivity index (χ2v) is 7.61. The summed E-state index contributed by atoms with van der Waals surface area (Å²) in [5, 5.41) is 0. The topological polar surface area (TPSA) is 55.9 Å². The molecule has 0 unspecified atom stereocenters. The van der Waals surface area contributed by atoms with Crippen LogP contribution < -0.4 is 4.74 Å². The molecule has 156 valence electrons. The van der Waals surface area contributed by atoms with Crippen LogP contribution in [0.4, 0.5) is 0 Å². The fourth-order valence-electron chi connectivity index (χ4n) is 3.88. The Bertz CT molecular complexity index is 1200. The van der Waals surface area contributed by atoms with Gasteiger partial charge in [0.15, 0.2) is 0 Å². The van der Waals surface area contributed by atoms with Gasteiger partial charge >= 0.3 is 0 Å². The van der Waals surface area contributed by atoms with Crippen molar-refractivity contribution in [1.29, 1.82) is 0 Å². The van der Waals surface area contributed by atoms with Crippen molar-refractivity contribution in [3.05, 3.63) is 132 Å². The largest absolute Gasteiger partial charge is 0.457 e. The van der Waals surface area contributed by atoms with Crippen molar-refractivity contribution in [2.75, 3.05) is 0 Å². The summed E-state index contributed by atoms with van der Waals surface area (Å²) in [5.74, 6) is 0.628. The van der Waals surface area contributed by atoms with Crippen LogP contribution in [0.1, 0.15) is 32.4 Å². The number of epoxide rings is 1. The third kappa shape index (κ3) is 3.61. The van der Waals surface area contributed by atoms with Gasteiger partial charge in [-0.3, -0.25) is 9.59 Å². The van der Waals surface area contributed by atoms with Crippen molar-refractivity contribution in [1.82, 2.24) is 0 Å². The second kappa shape index (κ2) is 8.25. The van der Waals surface area contributed by atoms with Gasteiger partial charge in [-0.05, 0) is 29.8 Å². The van der Waals surface area contributed by atoms with E-state index in [0.717, 1.165) is 0 Å². The van der Waals surface area contributed by atoms with E-state index in [-0.39, 0.29) is 11.6 Å². The van der Waals surface area contributed by atoms with Crippen LogP contribution in [0, 0.1) is 0 Å². The maximum absolute atomic E-state index is 13.5. The lowest BCUT2D eigenvalue weighted by molar-refractivity contribution is 0.0752. The van der Waals surface area contributed by atoms with Crippen LogP contribution in [0.2, 0.25) is 0 Å². The molecule has 1 saturated heterocycles. The Kier molecular flexibility index (Phi) is 5.13. The van der Waals surface area contributed by atoms with E-state index in [1.807, 2.05) is 66.7 Å². The van der Waals surface area contributed by atoms with Crippen molar-refractivity contribution in [3.63, 3.8) is 0 Å². The van der Waals surface area contributed by atoms with Gasteiger partial charge in [0.2, 0.25) is 17.2 Å². The lowest BCUT2D eigenvalue weighted by Crippen LogP contribution is -2.35. The van der Waals surface area contributed by atoms with E-state index in [1.54, 1.807) is 48.5 Å². The van der Waals surface area contributed by atoms with Gasteiger partial charge in [0.05, 0.1) is 0 Å². The third-order valence-electron chi connectivity index (χ3n) is 5.50. The van der Waals surface area contributed by atoms with Crippen LogP contribution >= 0.6 is 0 Å². The smallest absolute Gasteiger partial charge is 0.224 e. The molecule has 0 bridgehead atoms. The summed E-state index contributed by atoms with van der Waals surface area (Å²) in [6.45, 7) is 0. The molecule has 0 amide bonds. The minimum atomic E-state index is -1.59. The first kappa shape index (κ1) is 19.9. The minimum Gasteiger partial charge on any atom is -0.457 e. The number of carbonyl (C=O) groups excluding carboxylic acids is 2. The number of ketones is 2. The number of rotatable bonds is 7. The number of para-hydroxylation sites is 1. The first-order chi connectivity index (χ1) is 15.7. The molecule has 1 atom stereocenters. The number of Topliss-reactive ketones (excluding diaryl/α,β-unsaturated/α-hetero) is 2. The summed E-state index contributed by atoms with van der Waals surface area (Å²) in [4.78, 5) is 27.1. The van der Waals surface area contributed by atoms with Crippen LogP contribution in [0.25, 0.3) is 0 Å². The molecule has 5 rings (SSSR count). The van der Waals surface area contributed by atoms with E-state index in [4.69, 9.17) is 9.47 Å². The van der Waals surface area contributed by atoms with Gasteiger partial charge in [-0.2, -0.15) is 0 Å². The zero-order valence-corrected chi connectivity index (χ0v) is 17.2. The Hall–Kier alpha value is -4.02. The van der Waals surface area contributed by atoms with Crippen LogP contribution in [0.5, 0.6) is 11.5 Å². The first-order valence-corrected chi connectivity index (χ1v) is 10.4. The Morgan fingerprint density at radius 2 is 1.12 bits per heavy atom. The van der Waals surface area contributed by atoms with Crippen molar-refractivity contribution >= 4 is 11.6 Å². The molecule has 4 heteroatoms. The average molecular weight is 420 g/mol. The molecular formula is C28H20O4. The third-order valence-corrected chi connectivity index (χ3v) is 5.50. The molecule has 1 heterocycles. The van der Waals surface area contributed by atoms with Crippen molar-refractivity contribution < 1.29 is 19.1 Å². The predicted octanol–water partition coefficient (Wildman–Crippen LogP) is 6.05. The zero-order chi connectivity index (χ0) is 22.0. The summed E-state index contributed by atoms with van der Waals surface area (Å²) in [6.07, 6.45) is -0.692. The van der Waals surface area contributed by atoms with E-state index in [9.17, 15) is 9.59 Å². The number of benzene rings is 4. The molecule has 0 aliphatic carbocycles. The summed E-state index contributed by atoms with van der Waals surface area (Å²) >= 11 is 0. The molecule has 1 fully saturated rings. The molecule has 32 heavy (non-hydrogen) atoms. The number of ether oxygens (including phenoxy) is 2. The molecule has 4 aromatic rings. The Labute approximate surface area is 186 Å². The van der Waals surface area contributed by atoms with Gasteiger partial charge in [-0.25, -0.2) is 0 Å². The highest BCUT2D eigenvalue weighted by molar-refractivity contribution is 6.25. The SMILES string of the molecule is O=C(c1ccccc1)C1(C(=O)c2ccccc2)O[C@@H]1c1cccc(Oc2ccccc2)c1. The molecular weight excluding hydrogens is 400 g/mol. The molecule has 0 N–H and O–H groups in total. The summed E-state index contributed by atoms with van der Waals surface area (Å²) in [7, 11) is 0. The van der Waals surface area contributed by atoms with Crippen LogP contribution in [-0.4, -0.2) is 17.2 Å². The van der Waals surface area contributed by atoms with Gasteiger partial charge < -0.3 is 9.47 Å². The van der Waals surface area contributed by atoms with Crippen molar-refractivity contribution in [3.8, 4) is 11.5 Å². The highest BCUT2D eigenvalue weighted by Crippen LogP contribution is 2.54. The van der Waals surface area contributed by atoms with Gasteiger partial charge in [0.1, 0.15) is 17.6 Å². The lowest BCUT2D eigenvalue weighted by Gasteiger charge is -2.12. The highest BCUT2D eigenvalue weighted by atomic mass is 16.6. The Morgan fingerprint density at radius 3 is 1.69 bits per heavy atom. The first-order valence-electron chi connectivity index (χ1n) is 10.4. The number of carbonyl (C=O) groups is 2. The second-order valence-electron chi connectivity index (χ2n) is 7.61. The van der Waals surface area contributed by atoms with Gasteiger partial charge in [0, 0.05) is 11.1 Å². The van der Waals surface area contributed by atoms with Crippen LogP contribution in [0.15, 0.2) is 115 Å². The molecule has 4 nitrogen and oxygen atoms in total. The van der Waals surface area contributed by atoms with E-state index < -0.39 is 11.7 Å². The normalized spacial score (nSPS) is 16.2. The van der Waals surface area contributed by atoms with Crippen molar-refractivity contribution in [2.45, 2.75) is 11.7 Å². The molecule has 4 aromatic carbocycles. The van der Waals surface area contributed by atoms with Crippen molar-refractivity contribution in [2.24, 2.45) is 0 Å². The molecule has 0 radical (unpaired) electrons. The standard InChI is InChI=1S/C28H20O4/c29-25(20-11-4-1-5-12-20)28(26(30)21-13-6-2-7-14-21)27(32-28)22-15-10-18-24(19-22)31-23-16-8-3-9-17-23/h1-19,27H/t27-/m1/s1. The van der Waals surface area contributed by atoms with Crippen LogP contribution in [-0.2, 0) is 4.74 Å². The van der Waals surface area contributed by atoms with E-state index in [0.29, 0.717) is 28.2 Å². The van der Waals surface area contributed by atoms with E-state index in [2.05, 4.69) is 0 Å². The lowest BCUT2D eigenvalue weighted by atomic mass is 9.85. The maximum Gasteiger partial charge on any atom is 0.224 e. The van der Waals surface area contributed by atoms with Gasteiger partial charge in [0.25, 0.3) is 0 Å². The van der Waals surface area contributed by atoms with Gasteiger partial charge in [-0.15, -0.1) is 0 Å². The average Bonchev–Trinajstić information content (AvgIpc) is 3.62. The number of hydrogen-bond acceptors (Lipinski definition) is 4. The van der Waals surface area contributed by atoms with E-state index in [1.165, 1.54) is 0 Å². The maximum atomic E-state index is 13.5. The fourth-order valence-corrected chi connectivity index (χ4v) is 3.88. The fraction of sp³-hybridized carbons (Fsp3) is 0.0714. The molecule has 0 spiro atoms. The molecule has 1 aliphatic rings. The van der Waals surface area contributed by atoms with Gasteiger partial charge in [-0.1, -0.05) is 91.0 Å². The predicted molar refractivity (Wildman–Crippen MR) is 121 cm³/mol. The number of hydrogen-bond donors (Lipinski definition) is 0. The molecule has 1 aliphatic heterocycles. The van der Waals surface area contributed by atoms with Crippen LogP contribution in [0.3, 0.4) is 0 Å². The molecule has 0 saturated carbocycles. The Balaban J connectivity index is 1.51. The summed E-state index contributed by atoms with van der Waals surface area (Å²) in [6, 6.07) is 34.4. The summed E-state index contributed by atoms with van der Waals surface area (Å²) in [5.41, 5.74) is 0.00703. The Morgan fingerprint density at radius 1 is 0.625 bits per heavy atom. The molecule has 0 aromatic heterocycles. The zero-order valence-electron chi connectivity index (χ0n) is 17.2. The summed E-state index contributed by atoms with van der Waals surface area (Å²) < 4.78 is 11.9. The minimum absolute atomic E-state index is 0.341. The van der Waals surface area contributed by atoms with E-state index >= 15 is 0 Å². The monoisotopic (exact) mass is 420 g/mol. The highest BCUT2D eigenvalue weighted by Gasteiger charge is 2.68. The quantitative estimate of drug-likeness (QED) is 0.207.